The van der Waals surface area contributed by atoms with Gasteiger partial charge in [0, 0.05) is 0 Å². The molecule has 0 N–H and O–H groups in total. The van der Waals surface area contributed by atoms with Crippen molar-refractivity contribution in [3.8, 4) is 0 Å². The van der Waals surface area contributed by atoms with E-state index < -0.39 is 11.5 Å². The number of aliphatic imine (C=N–C) groups is 1. The van der Waals surface area contributed by atoms with Crippen molar-refractivity contribution in [2.24, 2.45) is 4.99 Å². The molecule has 4 heteroatoms. The fourth-order valence-corrected chi connectivity index (χ4v) is 1.46. The van der Waals surface area contributed by atoms with Crippen molar-refractivity contribution in [1.29, 1.82) is 0 Å². The predicted octanol–water partition coefficient (Wildman–Crippen LogP) is 2.18. The van der Waals surface area contributed by atoms with Crippen LogP contribution in [-0.2, 0) is 15.1 Å². The smallest absolute Gasteiger partial charge is 0.338 e. The van der Waals surface area contributed by atoms with E-state index in [-0.39, 0.29) is 0 Å². The Morgan fingerprint density at radius 3 is 2.53 bits per heavy atom. The summed E-state index contributed by atoms with van der Waals surface area (Å²) < 4.78 is 4.70. The first-order valence-electron chi connectivity index (χ1n) is 4.38. The highest BCUT2D eigenvalue weighted by Gasteiger charge is 2.35. The first-order chi connectivity index (χ1) is 7.15. The maximum Gasteiger partial charge on any atom is 0.338 e. The highest BCUT2D eigenvalue weighted by molar-refractivity contribution is 7.78. The highest BCUT2D eigenvalue weighted by atomic mass is 32.1. The molecule has 1 aromatic rings. The van der Waals surface area contributed by atoms with Crippen LogP contribution in [0.4, 0.5) is 0 Å². The van der Waals surface area contributed by atoms with E-state index in [1.165, 1.54) is 7.11 Å². The van der Waals surface area contributed by atoms with Gasteiger partial charge in [-0.15, -0.1) is 0 Å². The number of hydrogen-bond acceptors (Lipinski definition) is 4. The van der Waals surface area contributed by atoms with Crippen molar-refractivity contribution >= 4 is 23.3 Å². The molecule has 0 aromatic heterocycles. The number of rotatable bonds is 3. The van der Waals surface area contributed by atoms with Gasteiger partial charge in [-0.25, -0.2) is 9.79 Å². The largest absolute Gasteiger partial charge is 0.467 e. The summed E-state index contributed by atoms with van der Waals surface area (Å²) in [4.78, 5) is 15.5. The minimum absolute atomic E-state index is 0.453. The molecule has 0 aliphatic carbocycles. The molecule has 15 heavy (non-hydrogen) atoms. The van der Waals surface area contributed by atoms with Crippen LogP contribution in [0.15, 0.2) is 35.3 Å². The molecule has 78 valence electrons. The van der Waals surface area contributed by atoms with Crippen LogP contribution < -0.4 is 0 Å². The van der Waals surface area contributed by atoms with Crippen molar-refractivity contribution in [1.82, 2.24) is 0 Å². The minimum Gasteiger partial charge on any atom is -0.467 e. The Hall–Kier alpha value is -1.51. The van der Waals surface area contributed by atoms with E-state index in [2.05, 4.69) is 22.4 Å². The number of benzene rings is 1. The van der Waals surface area contributed by atoms with Gasteiger partial charge in [0.25, 0.3) is 0 Å². The second-order valence-electron chi connectivity index (χ2n) is 3.13. The first kappa shape index (κ1) is 11.6. The van der Waals surface area contributed by atoms with Crippen molar-refractivity contribution in [2.75, 3.05) is 7.11 Å². The van der Waals surface area contributed by atoms with Crippen LogP contribution in [0.5, 0.6) is 0 Å². The van der Waals surface area contributed by atoms with Crippen LogP contribution >= 0.6 is 12.2 Å². The first-order valence-corrected chi connectivity index (χ1v) is 4.79. The summed E-state index contributed by atoms with van der Waals surface area (Å²) in [5.74, 6) is -0.453. The van der Waals surface area contributed by atoms with Crippen LogP contribution in [0.1, 0.15) is 12.5 Å². The average molecular weight is 221 g/mol. The Morgan fingerprint density at radius 1 is 1.47 bits per heavy atom. The van der Waals surface area contributed by atoms with E-state index in [1.54, 1.807) is 19.1 Å². The maximum atomic E-state index is 11.6. The lowest BCUT2D eigenvalue weighted by atomic mass is 9.93. The SMILES string of the molecule is COC(=O)C(C)(N=C=S)c1ccccc1. The molecule has 0 fully saturated rings. The number of thiocarbonyl (C=S) groups is 1. The summed E-state index contributed by atoms with van der Waals surface area (Å²) in [5.41, 5.74) is -0.369. The van der Waals surface area contributed by atoms with Gasteiger partial charge in [-0.2, -0.15) is 0 Å². The number of carbonyl (C=O) groups is 1. The van der Waals surface area contributed by atoms with E-state index >= 15 is 0 Å². The standard InChI is InChI=1S/C11H11NO2S/c1-11(12-8-15,10(13)14-2)9-6-4-3-5-7-9/h3-7H,1-2H3. The third-order valence-electron chi connectivity index (χ3n) is 2.19. The third-order valence-corrected chi connectivity index (χ3v) is 2.28. The molecule has 0 aliphatic heterocycles. The quantitative estimate of drug-likeness (QED) is 0.446. The van der Waals surface area contributed by atoms with Crippen LogP contribution in [0.25, 0.3) is 0 Å². The highest BCUT2D eigenvalue weighted by Crippen LogP contribution is 2.26. The maximum absolute atomic E-state index is 11.6. The van der Waals surface area contributed by atoms with Crippen LogP contribution in [0.3, 0.4) is 0 Å². The molecule has 0 spiro atoms. The molecule has 1 unspecified atom stereocenters. The zero-order chi connectivity index (χ0) is 11.3. The van der Waals surface area contributed by atoms with Gasteiger partial charge in [-0.3, -0.25) is 0 Å². The van der Waals surface area contributed by atoms with E-state index in [9.17, 15) is 4.79 Å². The van der Waals surface area contributed by atoms with Gasteiger partial charge in [0.1, 0.15) is 0 Å². The van der Waals surface area contributed by atoms with Crippen LogP contribution in [0.2, 0.25) is 0 Å². The van der Waals surface area contributed by atoms with Gasteiger partial charge in [0.15, 0.2) is 5.54 Å². The van der Waals surface area contributed by atoms with E-state index in [4.69, 9.17) is 4.74 Å². The Labute approximate surface area is 93.8 Å². The second-order valence-corrected chi connectivity index (χ2v) is 3.32. The molecule has 0 saturated heterocycles. The molecule has 0 heterocycles. The number of esters is 1. The van der Waals surface area contributed by atoms with Crippen LogP contribution in [0, 0.1) is 0 Å². The Kier molecular flexibility index (Phi) is 3.72. The zero-order valence-corrected chi connectivity index (χ0v) is 9.38. The summed E-state index contributed by atoms with van der Waals surface area (Å²) >= 11 is 4.54. The lowest BCUT2D eigenvalue weighted by Crippen LogP contribution is -2.31. The number of ether oxygens (including phenoxy) is 1. The molecule has 0 amide bonds. The summed E-state index contributed by atoms with van der Waals surface area (Å²) in [6, 6.07) is 9.12. The molecule has 1 rings (SSSR count). The van der Waals surface area contributed by atoms with Gasteiger partial charge in [-0.05, 0) is 24.7 Å². The Morgan fingerprint density at radius 2 is 2.07 bits per heavy atom. The fraction of sp³-hybridized carbons (Fsp3) is 0.273. The number of carbonyl (C=O) groups excluding carboxylic acids is 1. The summed E-state index contributed by atoms with van der Waals surface area (Å²) in [7, 11) is 1.32. The number of hydrogen-bond donors (Lipinski definition) is 0. The van der Waals surface area contributed by atoms with E-state index in [0.29, 0.717) is 0 Å². The van der Waals surface area contributed by atoms with Gasteiger partial charge in [-0.1, -0.05) is 30.3 Å². The van der Waals surface area contributed by atoms with Crippen molar-refractivity contribution < 1.29 is 9.53 Å². The fourth-order valence-electron chi connectivity index (χ4n) is 1.28. The Bertz CT molecular complexity index is 398. The van der Waals surface area contributed by atoms with Crippen molar-refractivity contribution in [3.05, 3.63) is 35.9 Å². The van der Waals surface area contributed by atoms with Crippen molar-refractivity contribution in [3.63, 3.8) is 0 Å². The molecule has 0 aliphatic rings. The van der Waals surface area contributed by atoms with Gasteiger partial charge < -0.3 is 4.74 Å². The normalized spacial score (nSPS) is 13.5. The molecule has 1 aromatic carbocycles. The molecular weight excluding hydrogens is 210 g/mol. The monoisotopic (exact) mass is 221 g/mol. The predicted molar refractivity (Wildman–Crippen MR) is 60.8 cm³/mol. The lowest BCUT2D eigenvalue weighted by molar-refractivity contribution is -0.146. The van der Waals surface area contributed by atoms with Crippen molar-refractivity contribution in [2.45, 2.75) is 12.5 Å². The topological polar surface area (TPSA) is 38.7 Å². The number of isothiocyanates is 1. The molecule has 3 nitrogen and oxygen atoms in total. The minimum atomic E-state index is -1.10. The van der Waals surface area contributed by atoms with Crippen LogP contribution in [-0.4, -0.2) is 18.2 Å². The molecular formula is C11H11NO2S. The average Bonchev–Trinajstić information content (AvgIpc) is 2.29. The number of methoxy groups -OCH3 is 1. The third kappa shape index (κ3) is 2.29. The van der Waals surface area contributed by atoms with E-state index in [1.807, 2.05) is 18.2 Å². The van der Waals surface area contributed by atoms with E-state index in [0.717, 1.165) is 5.56 Å². The zero-order valence-electron chi connectivity index (χ0n) is 8.56. The summed E-state index contributed by atoms with van der Waals surface area (Å²) in [6.07, 6.45) is 0. The Balaban J connectivity index is 3.24. The second kappa shape index (κ2) is 4.82. The molecule has 1 atom stereocenters. The van der Waals surface area contributed by atoms with Gasteiger partial charge in [0.05, 0.1) is 12.3 Å². The van der Waals surface area contributed by atoms with Gasteiger partial charge >= 0.3 is 5.97 Å². The molecule has 0 bridgehead atoms. The lowest BCUT2D eigenvalue weighted by Gasteiger charge is -2.20. The molecule has 0 radical (unpaired) electrons. The van der Waals surface area contributed by atoms with Gasteiger partial charge in [0.2, 0.25) is 0 Å². The summed E-state index contributed by atoms with van der Waals surface area (Å²) in [6.45, 7) is 1.65. The molecule has 0 saturated carbocycles. The summed E-state index contributed by atoms with van der Waals surface area (Å²) in [5, 5.41) is 2.23. The number of nitrogens with zero attached hydrogens (tertiary/aromatic N) is 1.